The number of benzene rings is 1. The molecule has 4 rings (SSSR count). The van der Waals surface area contributed by atoms with Gasteiger partial charge in [0.15, 0.2) is 5.60 Å². The molecular formula is C18H17ClN4O3. The van der Waals surface area contributed by atoms with Crippen LogP contribution in [0.4, 0.5) is 9.59 Å². The third kappa shape index (κ3) is 3.20. The van der Waals surface area contributed by atoms with Gasteiger partial charge in [-0.3, -0.25) is 0 Å². The van der Waals surface area contributed by atoms with E-state index in [-0.39, 0.29) is 12.1 Å². The van der Waals surface area contributed by atoms with Gasteiger partial charge in [-0.1, -0.05) is 28.7 Å². The second-order valence-corrected chi connectivity index (χ2v) is 7.02. The fourth-order valence-electron chi connectivity index (χ4n) is 3.35. The summed E-state index contributed by atoms with van der Waals surface area (Å²) in [5, 5.41) is 7.36. The highest BCUT2D eigenvalue weighted by Crippen LogP contribution is 2.34. The smallest absolute Gasteiger partial charge is 0.328 e. The molecule has 134 valence electrons. The molecule has 1 spiro atoms. The third-order valence-corrected chi connectivity index (χ3v) is 4.92. The average Bonchev–Trinajstić information content (AvgIpc) is 3.34. The molecule has 0 radical (unpaired) electrons. The zero-order chi connectivity index (χ0) is 18.1. The average molecular weight is 373 g/mol. The molecule has 8 heteroatoms. The van der Waals surface area contributed by atoms with E-state index in [2.05, 4.69) is 22.3 Å². The number of hydrogen-bond donors (Lipinski definition) is 1. The van der Waals surface area contributed by atoms with Crippen LogP contribution in [0.2, 0.25) is 5.02 Å². The Morgan fingerprint density at radius 2 is 2.23 bits per heavy atom. The van der Waals surface area contributed by atoms with E-state index < -0.39 is 5.60 Å². The number of amides is 4. The number of nitrogens with one attached hydrogen (secondary N) is 1. The van der Waals surface area contributed by atoms with Crippen LogP contribution in [0.3, 0.4) is 0 Å². The molecule has 2 saturated heterocycles. The van der Waals surface area contributed by atoms with Crippen LogP contribution >= 0.6 is 11.6 Å². The highest BCUT2D eigenvalue weighted by atomic mass is 35.5. The molecule has 1 aromatic rings. The SMILES string of the molecule is O=C1NCCN1C(=O)N1CCC2(CC(C#Cc3cccc(Cl)c3)=NO2)C1. The maximum atomic E-state index is 12.5. The minimum atomic E-state index is -0.537. The molecule has 0 aliphatic carbocycles. The van der Waals surface area contributed by atoms with Gasteiger partial charge >= 0.3 is 12.1 Å². The van der Waals surface area contributed by atoms with Gasteiger partial charge in [0.05, 0.1) is 6.54 Å². The van der Waals surface area contributed by atoms with E-state index in [9.17, 15) is 9.59 Å². The summed E-state index contributed by atoms with van der Waals surface area (Å²) in [5.74, 6) is 6.05. The maximum absolute atomic E-state index is 12.5. The lowest BCUT2D eigenvalue weighted by atomic mass is 9.96. The Morgan fingerprint density at radius 3 is 3.00 bits per heavy atom. The molecule has 1 atom stereocenters. The lowest BCUT2D eigenvalue weighted by molar-refractivity contribution is -0.00817. The minimum Gasteiger partial charge on any atom is -0.386 e. The Morgan fingerprint density at radius 1 is 1.35 bits per heavy atom. The van der Waals surface area contributed by atoms with Gasteiger partial charge in [0.25, 0.3) is 0 Å². The molecule has 1 N–H and O–H groups in total. The van der Waals surface area contributed by atoms with Crippen molar-refractivity contribution in [3.63, 3.8) is 0 Å². The van der Waals surface area contributed by atoms with Gasteiger partial charge in [-0.15, -0.1) is 0 Å². The van der Waals surface area contributed by atoms with Gasteiger partial charge in [-0.05, 0) is 24.1 Å². The molecule has 0 saturated carbocycles. The summed E-state index contributed by atoms with van der Waals surface area (Å²) in [6.07, 6.45) is 1.22. The molecular weight excluding hydrogens is 356 g/mol. The van der Waals surface area contributed by atoms with Crippen LogP contribution in [0.1, 0.15) is 18.4 Å². The number of carbonyl (C=O) groups excluding carboxylic acids is 2. The number of imide groups is 1. The van der Waals surface area contributed by atoms with E-state index in [0.29, 0.717) is 49.8 Å². The zero-order valence-corrected chi connectivity index (χ0v) is 14.8. The highest BCUT2D eigenvalue weighted by Gasteiger charge is 2.47. The number of nitrogens with zero attached hydrogens (tertiary/aromatic N) is 3. The zero-order valence-electron chi connectivity index (χ0n) is 14.0. The number of rotatable bonds is 0. The van der Waals surface area contributed by atoms with Crippen molar-refractivity contribution >= 4 is 29.4 Å². The predicted molar refractivity (Wildman–Crippen MR) is 95.9 cm³/mol. The quantitative estimate of drug-likeness (QED) is 0.708. The van der Waals surface area contributed by atoms with Crippen molar-refractivity contribution in [2.24, 2.45) is 5.16 Å². The summed E-state index contributed by atoms with van der Waals surface area (Å²) in [7, 11) is 0. The van der Waals surface area contributed by atoms with Crippen LogP contribution < -0.4 is 5.32 Å². The Hall–Kier alpha value is -2.72. The van der Waals surface area contributed by atoms with E-state index in [4.69, 9.17) is 16.4 Å². The van der Waals surface area contributed by atoms with E-state index >= 15 is 0 Å². The fraction of sp³-hybridized carbons (Fsp3) is 0.389. The lowest BCUT2D eigenvalue weighted by Gasteiger charge is -2.24. The number of likely N-dealkylation sites (tertiary alicyclic amines) is 1. The molecule has 1 aromatic carbocycles. The maximum Gasteiger partial charge on any atom is 0.328 e. The summed E-state index contributed by atoms with van der Waals surface area (Å²) in [6.45, 7) is 1.83. The summed E-state index contributed by atoms with van der Waals surface area (Å²) < 4.78 is 0. The van der Waals surface area contributed by atoms with Gasteiger partial charge in [-0.2, -0.15) is 0 Å². The van der Waals surface area contributed by atoms with Crippen LogP contribution in [0.5, 0.6) is 0 Å². The van der Waals surface area contributed by atoms with Crippen molar-refractivity contribution in [2.75, 3.05) is 26.2 Å². The van der Waals surface area contributed by atoms with E-state index in [1.807, 2.05) is 12.1 Å². The molecule has 3 heterocycles. The number of urea groups is 2. The molecule has 3 aliphatic rings. The second kappa shape index (κ2) is 6.54. The summed E-state index contributed by atoms with van der Waals surface area (Å²) in [6, 6.07) is 6.68. The van der Waals surface area contributed by atoms with Crippen LogP contribution in [-0.2, 0) is 4.84 Å². The van der Waals surface area contributed by atoms with Crippen molar-refractivity contribution < 1.29 is 14.4 Å². The van der Waals surface area contributed by atoms with Crippen molar-refractivity contribution in [2.45, 2.75) is 18.4 Å². The second-order valence-electron chi connectivity index (χ2n) is 6.59. The lowest BCUT2D eigenvalue weighted by Crippen LogP contribution is -2.45. The molecule has 0 bridgehead atoms. The molecule has 0 aromatic heterocycles. The fourth-order valence-corrected chi connectivity index (χ4v) is 3.54. The Kier molecular flexibility index (Phi) is 4.21. The van der Waals surface area contributed by atoms with Gasteiger partial charge < -0.3 is 15.1 Å². The minimum absolute atomic E-state index is 0.279. The van der Waals surface area contributed by atoms with Gasteiger partial charge in [0.2, 0.25) is 0 Å². The van der Waals surface area contributed by atoms with Crippen molar-refractivity contribution in [1.82, 2.24) is 15.1 Å². The van der Waals surface area contributed by atoms with E-state index in [1.54, 1.807) is 17.0 Å². The first-order valence-corrected chi connectivity index (χ1v) is 8.79. The summed E-state index contributed by atoms with van der Waals surface area (Å²) in [5.41, 5.74) is 0.923. The predicted octanol–water partition coefficient (Wildman–Crippen LogP) is 2.06. The van der Waals surface area contributed by atoms with Crippen LogP contribution in [-0.4, -0.2) is 59.4 Å². The first-order chi connectivity index (χ1) is 12.5. The molecule has 3 aliphatic heterocycles. The van der Waals surface area contributed by atoms with Crippen LogP contribution in [0.25, 0.3) is 0 Å². The topological polar surface area (TPSA) is 74.2 Å². The first kappa shape index (κ1) is 16.7. The molecule has 7 nitrogen and oxygen atoms in total. The summed E-state index contributed by atoms with van der Waals surface area (Å²) in [4.78, 5) is 32.7. The van der Waals surface area contributed by atoms with Gasteiger partial charge in [0.1, 0.15) is 5.71 Å². The first-order valence-electron chi connectivity index (χ1n) is 8.42. The summed E-state index contributed by atoms with van der Waals surface area (Å²) >= 11 is 5.96. The van der Waals surface area contributed by atoms with Gasteiger partial charge in [0, 0.05) is 43.1 Å². The normalized spacial score (nSPS) is 24.2. The molecule has 26 heavy (non-hydrogen) atoms. The molecule has 2 fully saturated rings. The Balaban J connectivity index is 1.39. The molecule has 4 amide bonds. The monoisotopic (exact) mass is 372 g/mol. The van der Waals surface area contributed by atoms with Crippen LogP contribution in [0.15, 0.2) is 29.4 Å². The standard InChI is InChI=1S/C18H17ClN4O3/c19-14-3-1-2-13(10-14)4-5-15-11-18(26-21-15)6-8-22(12-18)17(25)23-9-7-20-16(23)24/h1-3,10H,6-9,11-12H2,(H,20,24). The van der Waals surface area contributed by atoms with Crippen molar-refractivity contribution in [1.29, 1.82) is 0 Å². The third-order valence-electron chi connectivity index (χ3n) is 4.69. The number of carbonyl (C=O) groups is 2. The highest BCUT2D eigenvalue weighted by molar-refractivity contribution is 6.30. The number of hydrogen-bond acceptors (Lipinski definition) is 4. The van der Waals surface area contributed by atoms with E-state index in [0.717, 1.165) is 5.56 Å². The van der Waals surface area contributed by atoms with Crippen LogP contribution in [0, 0.1) is 11.8 Å². The number of halogens is 1. The van der Waals surface area contributed by atoms with E-state index in [1.165, 1.54) is 4.90 Å². The Labute approximate surface area is 155 Å². The number of oxime groups is 1. The largest absolute Gasteiger partial charge is 0.386 e. The molecule has 1 unspecified atom stereocenters. The van der Waals surface area contributed by atoms with Crippen molar-refractivity contribution in [3.05, 3.63) is 34.9 Å². The Bertz CT molecular complexity index is 859. The van der Waals surface area contributed by atoms with Crippen molar-refractivity contribution in [3.8, 4) is 11.8 Å². The van der Waals surface area contributed by atoms with Gasteiger partial charge in [-0.25, -0.2) is 14.5 Å².